The van der Waals surface area contributed by atoms with Crippen molar-refractivity contribution in [3.63, 3.8) is 0 Å². The zero-order chi connectivity index (χ0) is 23.8. The zero-order valence-corrected chi connectivity index (χ0v) is 19.4. The number of nitrogens with zero attached hydrogens (tertiary/aromatic N) is 1. The lowest BCUT2D eigenvalue weighted by Crippen LogP contribution is -2.33. The molecule has 0 unspecified atom stereocenters. The third kappa shape index (κ3) is 4.99. The summed E-state index contributed by atoms with van der Waals surface area (Å²) in [7, 11) is 0. The minimum atomic E-state index is -0.775. The van der Waals surface area contributed by atoms with Gasteiger partial charge in [-0.25, -0.2) is 4.99 Å². The fourth-order valence-electron chi connectivity index (χ4n) is 4.30. The van der Waals surface area contributed by atoms with E-state index in [4.69, 9.17) is 4.99 Å². The Kier molecular flexibility index (Phi) is 6.67. The summed E-state index contributed by atoms with van der Waals surface area (Å²) in [5.41, 5.74) is 4.39. The number of anilines is 2. The second kappa shape index (κ2) is 10.5. The summed E-state index contributed by atoms with van der Waals surface area (Å²) in [5, 5.41) is 7.06. The Bertz CT molecular complexity index is 1210. The van der Waals surface area contributed by atoms with E-state index in [9.17, 15) is 0 Å². The van der Waals surface area contributed by atoms with Crippen LogP contribution < -0.4 is 10.6 Å². The van der Waals surface area contributed by atoms with E-state index >= 15 is 0 Å². The monoisotopic (exact) mass is 453 g/mol. The maximum atomic E-state index is 5.50. The van der Waals surface area contributed by atoms with Crippen LogP contribution in [0.3, 0.4) is 0 Å². The predicted octanol–water partition coefficient (Wildman–Crippen LogP) is 7.56. The first-order valence-electron chi connectivity index (χ1n) is 11.8. The van der Waals surface area contributed by atoms with Crippen LogP contribution in [0.5, 0.6) is 0 Å². The molecule has 0 amide bonds. The number of rotatable bonds is 6. The number of hydrogen-bond acceptors (Lipinski definition) is 1. The van der Waals surface area contributed by atoms with E-state index < -0.39 is 5.54 Å². The standard InChI is InChI=1S/C32H27N3/c1-6-16-26(17-7-1)32(27-18-8-2-9-19-27,28-20-10-3-11-21-28)35-31(33-29-22-12-4-13-23-29)34-30-24-14-5-15-25-30/h1-25H,(H2,33,34,35). The molecule has 0 aliphatic carbocycles. The molecule has 3 heteroatoms. The molecule has 5 aromatic rings. The molecule has 2 N–H and O–H groups in total. The lowest BCUT2D eigenvalue weighted by Gasteiger charge is -2.33. The maximum absolute atomic E-state index is 5.50. The molecule has 0 saturated carbocycles. The van der Waals surface area contributed by atoms with Gasteiger partial charge in [0.15, 0.2) is 0 Å². The van der Waals surface area contributed by atoms with E-state index in [1.54, 1.807) is 0 Å². The van der Waals surface area contributed by atoms with Crippen molar-refractivity contribution in [3.8, 4) is 0 Å². The van der Waals surface area contributed by atoms with Gasteiger partial charge in [0.05, 0.1) is 0 Å². The highest BCUT2D eigenvalue weighted by atomic mass is 15.2. The van der Waals surface area contributed by atoms with E-state index in [1.807, 2.05) is 78.9 Å². The molecule has 0 aliphatic rings. The first kappa shape index (κ1) is 22.2. The van der Waals surface area contributed by atoms with Crippen LogP contribution >= 0.6 is 0 Å². The van der Waals surface area contributed by atoms with E-state index in [2.05, 4.69) is 83.4 Å². The number of nitrogens with one attached hydrogen (secondary N) is 2. The lowest BCUT2D eigenvalue weighted by molar-refractivity contribution is 0.656. The van der Waals surface area contributed by atoms with Crippen LogP contribution in [0.1, 0.15) is 16.7 Å². The second-order valence-corrected chi connectivity index (χ2v) is 8.25. The van der Waals surface area contributed by atoms with Crippen molar-refractivity contribution in [2.45, 2.75) is 5.54 Å². The SMILES string of the molecule is c1ccc(NC(=NC(c2ccccc2)(c2ccccc2)c2ccccc2)Nc2ccccc2)cc1. The fraction of sp³-hybridized carbons (Fsp3) is 0.0312. The van der Waals surface area contributed by atoms with Gasteiger partial charge in [-0.2, -0.15) is 0 Å². The van der Waals surface area contributed by atoms with Crippen LogP contribution in [0, 0.1) is 0 Å². The Hall–Kier alpha value is -4.63. The molecule has 3 nitrogen and oxygen atoms in total. The summed E-state index contributed by atoms with van der Waals surface area (Å²) < 4.78 is 0. The van der Waals surface area contributed by atoms with Gasteiger partial charge in [-0.1, -0.05) is 127 Å². The van der Waals surface area contributed by atoms with Crippen molar-refractivity contribution < 1.29 is 0 Å². The summed E-state index contributed by atoms with van der Waals surface area (Å²) >= 11 is 0. The second-order valence-electron chi connectivity index (χ2n) is 8.25. The molecule has 0 saturated heterocycles. The molecule has 0 atom stereocenters. The van der Waals surface area contributed by atoms with Crippen LogP contribution in [0.4, 0.5) is 11.4 Å². The molecule has 5 rings (SSSR count). The predicted molar refractivity (Wildman–Crippen MR) is 147 cm³/mol. The molecule has 170 valence electrons. The molecular formula is C32H27N3. The molecule has 0 aromatic heterocycles. The van der Waals surface area contributed by atoms with Gasteiger partial charge in [-0.15, -0.1) is 0 Å². The Morgan fingerprint density at radius 2 is 0.686 bits per heavy atom. The van der Waals surface area contributed by atoms with Gasteiger partial charge in [-0.05, 0) is 41.0 Å². The average molecular weight is 454 g/mol. The number of benzene rings is 5. The normalized spacial score (nSPS) is 10.9. The Morgan fingerprint density at radius 3 is 1.00 bits per heavy atom. The van der Waals surface area contributed by atoms with Crippen LogP contribution in [0.2, 0.25) is 0 Å². The number of para-hydroxylation sites is 2. The molecular weight excluding hydrogens is 426 g/mol. The molecule has 0 heterocycles. The fourth-order valence-corrected chi connectivity index (χ4v) is 4.30. The highest BCUT2D eigenvalue weighted by Gasteiger charge is 2.36. The molecule has 0 aliphatic heterocycles. The van der Waals surface area contributed by atoms with Crippen LogP contribution in [-0.2, 0) is 5.54 Å². The van der Waals surface area contributed by atoms with Crippen molar-refractivity contribution in [3.05, 3.63) is 168 Å². The zero-order valence-electron chi connectivity index (χ0n) is 19.4. The topological polar surface area (TPSA) is 36.4 Å². The third-order valence-electron chi connectivity index (χ3n) is 5.93. The van der Waals surface area contributed by atoms with E-state index in [0.29, 0.717) is 5.96 Å². The Labute approximate surface area is 206 Å². The van der Waals surface area contributed by atoms with Gasteiger partial charge in [0, 0.05) is 11.4 Å². The minimum absolute atomic E-state index is 0.652. The summed E-state index contributed by atoms with van der Waals surface area (Å²) in [6, 6.07) is 51.6. The first-order valence-corrected chi connectivity index (χ1v) is 11.8. The van der Waals surface area contributed by atoms with Crippen molar-refractivity contribution in [2.24, 2.45) is 4.99 Å². The van der Waals surface area contributed by atoms with Crippen LogP contribution in [-0.4, -0.2) is 5.96 Å². The molecule has 0 fully saturated rings. The highest BCUT2D eigenvalue weighted by Crippen LogP contribution is 2.40. The summed E-state index contributed by atoms with van der Waals surface area (Å²) in [4.78, 5) is 5.50. The van der Waals surface area contributed by atoms with Gasteiger partial charge in [0.1, 0.15) is 5.54 Å². The summed E-state index contributed by atoms with van der Waals surface area (Å²) in [6.45, 7) is 0. The Balaban J connectivity index is 1.76. The highest BCUT2D eigenvalue weighted by molar-refractivity contribution is 6.04. The largest absolute Gasteiger partial charge is 0.326 e. The maximum Gasteiger partial charge on any atom is 0.201 e. The Morgan fingerprint density at radius 1 is 0.400 bits per heavy atom. The minimum Gasteiger partial charge on any atom is -0.326 e. The van der Waals surface area contributed by atoms with E-state index in [0.717, 1.165) is 28.1 Å². The van der Waals surface area contributed by atoms with Crippen LogP contribution in [0.25, 0.3) is 0 Å². The molecule has 35 heavy (non-hydrogen) atoms. The summed E-state index contributed by atoms with van der Waals surface area (Å²) in [5.74, 6) is 0.652. The average Bonchev–Trinajstić information content (AvgIpc) is 2.94. The molecule has 0 radical (unpaired) electrons. The van der Waals surface area contributed by atoms with E-state index in [1.165, 1.54) is 0 Å². The van der Waals surface area contributed by atoms with Crippen molar-refractivity contribution >= 4 is 17.3 Å². The van der Waals surface area contributed by atoms with Gasteiger partial charge in [-0.3, -0.25) is 0 Å². The quantitative estimate of drug-likeness (QED) is 0.158. The summed E-state index contributed by atoms with van der Waals surface area (Å²) in [6.07, 6.45) is 0. The smallest absolute Gasteiger partial charge is 0.201 e. The van der Waals surface area contributed by atoms with Gasteiger partial charge < -0.3 is 10.6 Å². The third-order valence-corrected chi connectivity index (χ3v) is 5.93. The van der Waals surface area contributed by atoms with E-state index in [-0.39, 0.29) is 0 Å². The molecule has 0 spiro atoms. The molecule has 0 bridgehead atoms. The van der Waals surface area contributed by atoms with Gasteiger partial charge >= 0.3 is 0 Å². The number of hydrogen-bond donors (Lipinski definition) is 2. The van der Waals surface area contributed by atoms with Crippen molar-refractivity contribution in [2.75, 3.05) is 10.6 Å². The molecule has 5 aromatic carbocycles. The van der Waals surface area contributed by atoms with Gasteiger partial charge in [0.2, 0.25) is 5.96 Å². The van der Waals surface area contributed by atoms with Gasteiger partial charge in [0.25, 0.3) is 0 Å². The number of aliphatic imine (C=N–C) groups is 1. The van der Waals surface area contributed by atoms with Crippen molar-refractivity contribution in [1.82, 2.24) is 0 Å². The van der Waals surface area contributed by atoms with Crippen molar-refractivity contribution in [1.29, 1.82) is 0 Å². The van der Waals surface area contributed by atoms with Crippen LogP contribution in [0.15, 0.2) is 157 Å². The lowest BCUT2D eigenvalue weighted by atomic mass is 9.77. The first-order chi connectivity index (χ1) is 17.3. The number of guanidine groups is 1.